The minimum Gasteiger partial charge on any atom is -0.508 e. The second kappa shape index (κ2) is 5.87. The van der Waals surface area contributed by atoms with E-state index < -0.39 is 0 Å². The van der Waals surface area contributed by atoms with Crippen LogP contribution in [-0.2, 0) is 0 Å². The highest BCUT2D eigenvalue weighted by Gasteiger charge is 2.15. The quantitative estimate of drug-likeness (QED) is 0.758. The first-order chi connectivity index (χ1) is 8.66. The van der Waals surface area contributed by atoms with Crippen molar-refractivity contribution in [3.05, 3.63) is 29.3 Å². The van der Waals surface area contributed by atoms with Crippen LogP contribution < -0.4 is 10.6 Å². The van der Waals surface area contributed by atoms with Crippen LogP contribution in [0, 0.1) is 12.8 Å². The molecule has 2 rings (SSSR count). The molecule has 1 aromatic rings. The van der Waals surface area contributed by atoms with Crippen molar-refractivity contribution in [2.24, 2.45) is 5.92 Å². The third kappa shape index (κ3) is 3.23. The van der Waals surface area contributed by atoms with Gasteiger partial charge < -0.3 is 15.7 Å². The lowest BCUT2D eigenvalue weighted by Crippen LogP contribution is -2.36. The zero-order valence-corrected chi connectivity index (χ0v) is 10.7. The molecule has 1 heterocycles. The smallest absolute Gasteiger partial charge is 0.251 e. The highest BCUT2D eigenvalue weighted by atomic mass is 16.3. The number of carbonyl (C=O) groups excluding carboxylic acids is 1. The summed E-state index contributed by atoms with van der Waals surface area (Å²) in [6.07, 6.45) is 2.24. The van der Waals surface area contributed by atoms with Crippen molar-refractivity contribution in [2.45, 2.75) is 19.8 Å². The molecule has 1 saturated heterocycles. The number of hydrogen-bond acceptors (Lipinski definition) is 3. The molecule has 0 saturated carbocycles. The SMILES string of the molecule is Cc1cc(O)ccc1C(=O)NCC1CCNCC1. The Hall–Kier alpha value is -1.55. The lowest BCUT2D eigenvalue weighted by Gasteiger charge is -2.22. The standard InChI is InChI=1S/C14H20N2O2/c1-10-8-12(17)2-3-13(10)14(18)16-9-11-4-6-15-7-5-11/h2-3,8,11,15,17H,4-7,9H2,1H3,(H,16,18). The number of hydrogen-bond donors (Lipinski definition) is 3. The number of aryl methyl sites for hydroxylation is 1. The summed E-state index contributed by atoms with van der Waals surface area (Å²) in [6, 6.07) is 4.83. The summed E-state index contributed by atoms with van der Waals surface area (Å²) >= 11 is 0. The average molecular weight is 248 g/mol. The second-order valence-corrected chi connectivity index (χ2v) is 4.90. The van der Waals surface area contributed by atoms with E-state index in [1.807, 2.05) is 6.92 Å². The molecule has 18 heavy (non-hydrogen) atoms. The van der Waals surface area contributed by atoms with Crippen LogP contribution in [0.2, 0.25) is 0 Å². The monoisotopic (exact) mass is 248 g/mol. The van der Waals surface area contributed by atoms with Crippen molar-refractivity contribution in [3.8, 4) is 5.75 Å². The number of phenols is 1. The zero-order valence-electron chi connectivity index (χ0n) is 10.7. The number of amides is 1. The van der Waals surface area contributed by atoms with Gasteiger partial charge in [0.1, 0.15) is 5.75 Å². The Labute approximate surface area is 107 Å². The van der Waals surface area contributed by atoms with Gasteiger partial charge >= 0.3 is 0 Å². The zero-order chi connectivity index (χ0) is 13.0. The Bertz CT molecular complexity index is 426. The molecule has 0 unspecified atom stereocenters. The van der Waals surface area contributed by atoms with Gasteiger partial charge in [-0.05, 0) is 62.5 Å². The van der Waals surface area contributed by atoms with Crippen LogP contribution in [0.1, 0.15) is 28.8 Å². The van der Waals surface area contributed by atoms with Gasteiger partial charge in [0.25, 0.3) is 5.91 Å². The van der Waals surface area contributed by atoms with Crippen molar-refractivity contribution >= 4 is 5.91 Å². The normalized spacial score (nSPS) is 16.5. The minimum absolute atomic E-state index is 0.0500. The molecule has 1 fully saturated rings. The molecule has 4 nitrogen and oxygen atoms in total. The summed E-state index contributed by atoms with van der Waals surface area (Å²) in [5, 5.41) is 15.6. The number of rotatable bonds is 3. The molecule has 3 N–H and O–H groups in total. The van der Waals surface area contributed by atoms with E-state index in [1.54, 1.807) is 18.2 Å². The number of phenolic OH excluding ortho intramolecular Hbond substituents is 1. The van der Waals surface area contributed by atoms with E-state index in [4.69, 9.17) is 0 Å². The molecule has 98 valence electrons. The summed E-state index contributed by atoms with van der Waals surface area (Å²) in [7, 11) is 0. The summed E-state index contributed by atoms with van der Waals surface area (Å²) in [5.41, 5.74) is 1.44. The molecule has 0 bridgehead atoms. The summed E-state index contributed by atoms with van der Waals surface area (Å²) in [5.74, 6) is 0.723. The molecule has 0 aromatic heterocycles. The van der Waals surface area contributed by atoms with Gasteiger partial charge in [0.2, 0.25) is 0 Å². The minimum atomic E-state index is -0.0500. The van der Waals surface area contributed by atoms with Gasteiger partial charge in [-0.1, -0.05) is 0 Å². The summed E-state index contributed by atoms with van der Waals surface area (Å²) < 4.78 is 0. The summed E-state index contributed by atoms with van der Waals surface area (Å²) in [6.45, 7) is 4.65. The van der Waals surface area contributed by atoms with Crippen molar-refractivity contribution in [2.75, 3.05) is 19.6 Å². The Morgan fingerprint density at radius 3 is 2.83 bits per heavy atom. The predicted octanol–water partition coefficient (Wildman–Crippen LogP) is 1.43. The highest BCUT2D eigenvalue weighted by molar-refractivity contribution is 5.95. The molecule has 0 aliphatic carbocycles. The summed E-state index contributed by atoms with van der Waals surface area (Å²) in [4.78, 5) is 12.0. The fourth-order valence-electron chi connectivity index (χ4n) is 2.32. The number of nitrogens with one attached hydrogen (secondary N) is 2. The van der Waals surface area contributed by atoms with Gasteiger partial charge in [-0.15, -0.1) is 0 Å². The van der Waals surface area contributed by atoms with Crippen molar-refractivity contribution in [3.63, 3.8) is 0 Å². The van der Waals surface area contributed by atoms with Crippen LogP contribution in [0.4, 0.5) is 0 Å². The molecule has 1 aromatic carbocycles. The number of benzene rings is 1. The first-order valence-corrected chi connectivity index (χ1v) is 6.45. The predicted molar refractivity (Wildman–Crippen MR) is 70.8 cm³/mol. The van der Waals surface area contributed by atoms with Gasteiger partial charge in [0.15, 0.2) is 0 Å². The van der Waals surface area contributed by atoms with Crippen molar-refractivity contribution < 1.29 is 9.90 Å². The Balaban J connectivity index is 1.90. The van der Waals surface area contributed by atoms with Crippen LogP contribution in [0.25, 0.3) is 0 Å². The number of aromatic hydroxyl groups is 1. The maximum absolute atomic E-state index is 12.0. The van der Waals surface area contributed by atoms with Crippen LogP contribution >= 0.6 is 0 Å². The van der Waals surface area contributed by atoms with Crippen LogP contribution in [0.5, 0.6) is 5.75 Å². The van der Waals surface area contributed by atoms with E-state index in [-0.39, 0.29) is 11.7 Å². The molecular formula is C14H20N2O2. The third-order valence-electron chi connectivity index (χ3n) is 3.46. The van der Waals surface area contributed by atoms with Gasteiger partial charge in [0, 0.05) is 12.1 Å². The maximum atomic E-state index is 12.0. The lowest BCUT2D eigenvalue weighted by molar-refractivity contribution is 0.0943. The van der Waals surface area contributed by atoms with E-state index >= 15 is 0 Å². The van der Waals surface area contributed by atoms with E-state index in [1.165, 1.54) is 0 Å². The van der Waals surface area contributed by atoms with E-state index in [2.05, 4.69) is 10.6 Å². The van der Waals surface area contributed by atoms with Gasteiger partial charge in [-0.25, -0.2) is 0 Å². The van der Waals surface area contributed by atoms with E-state index in [0.29, 0.717) is 11.5 Å². The topological polar surface area (TPSA) is 61.4 Å². The van der Waals surface area contributed by atoms with Gasteiger partial charge in [-0.2, -0.15) is 0 Å². The molecular weight excluding hydrogens is 228 g/mol. The highest BCUT2D eigenvalue weighted by Crippen LogP contribution is 2.16. The van der Waals surface area contributed by atoms with Gasteiger partial charge in [-0.3, -0.25) is 4.79 Å². The largest absolute Gasteiger partial charge is 0.508 e. The first-order valence-electron chi connectivity index (χ1n) is 6.45. The van der Waals surface area contributed by atoms with Crippen LogP contribution in [0.3, 0.4) is 0 Å². The first kappa shape index (κ1) is 12.9. The number of carbonyl (C=O) groups is 1. The van der Waals surface area contributed by atoms with Crippen molar-refractivity contribution in [1.82, 2.24) is 10.6 Å². The Morgan fingerprint density at radius 2 is 2.17 bits per heavy atom. The Morgan fingerprint density at radius 1 is 1.44 bits per heavy atom. The second-order valence-electron chi connectivity index (χ2n) is 4.90. The fourth-order valence-corrected chi connectivity index (χ4v) is 2.32. The van der Waals surface area contributed by atoms with Gasteiger partial charge in [0.05, 0.1) is 0 Å². The third-order valence-corrected chi connectivity index (χ3v) is 3.46. The Kier molecular flexibility index (Phi) is 4.20. The van der Waals surface area contributed by atoms with Crippen LogP contribution in [0.15, 0.2) is 18.2 Å². The fraction of sp³-hybridized carbons (Fsp3) is 0.500. The molecule has 1 aliphatic rings. The average Bonchev–Trinajstić information content (AvgIpc) is 2.37. The number of piperidine rings is 1. The maximum Gasteiger partial charge on any atom is 0.251 e. The molecule has 1 amide bonds. The molecule has 1 aliphatic heterocycles. The molecule has 0 atom stereocenters. The van der Waals surface area contributed by atoms with E-state index in [9.17, 15) is 9.90 Å². The van der Waals surface area contributed by atoms with E-state index in [0.717, 1.165) is 38.0 Å². The lowest BCUT2D eigenvalue weighted by atomic mass is 9.98. The van der Waals surface area contributed by atoms with Crippen molar-refractivity contribution in [1.29, 1.82) is 0 Å². The van der Waals surface area contributed by atoms with Crippen LogP contribution in [-0.4, -0.2) is 30.6 Å². The molecule has 4 heteroatoms. The molecule has 0 spiro atoms. The molecule has 0 radical (unpaired) electrons.